The van der Waals surface area contributed by atoms with Crippen molar-refractivity contribution in [3.63, 3.8) is 0 Å². The van der Waals surface area contributed by atoms with Crippen LogP contribution in [0.4, 0.5) is 5.00 Å². The van der Waals surface area contributed by atoms with Crippen molar-refractivity contribution in [3.8, 4) is 0 Å². The molecule has 0 saturated carbocycles. The number of carboxylic acid groups (broad SMARTS) is 1. The second-order valence-electron chi connectivity index (χ2n) is 3.62. The highest BCUT2D eigenvalue weighted by molar-refractivity contribution is 7.14. The van der Waals surface area contributed by atoms with Crippen molar-refractivity contribution >= 4 is 28.2 Å². The molecule has 0 radical (unpaired) electrons. The third-order valence-corrected chi connectivity index (χ3v) is 3.05. The Morgan fingerprint density at radius 3 is 2.78 bits per heavy atom. The van der Waals surface area contributed by atoms with Gasteiger partial charge in [-0.2, -0.15) is 0 Å². The lowest BCUT2D eigenvalue weighted by Crippen LogP contribution is -2.13. The van der Waals surface area contributed by atoms with Gasteiger partial charge in [0, 0.05) is 11.1 Å². The van der Waals surface area contributed by atoms with Crippen LogP contribution in [0.3, 0.4) is 0 Å². The van der Waals surface area contributed by atoms with Crippen LogP contribution in [-0.2, 0) is 0 Å². The van der Waals surface area contributed by atoms with Crippen LogP contribution < -0.4 is 5.32 Å². The normalized spacial score (nSPS) is 10.1. The predicted octanol–water partition coefficient (Wildman–Crippen LogP) is 2.40. The van der Waals surface area contributed by atoms with Crippen molar-refractivity contribution in [2.45, 2.75) is 6.92 Å². The van der Waals surface area contributed by atoms with E-state index in [1.165, 1.54) is 11.4 Å². The molecule has 92 valence electrons. The number of aryl methyl sites for hydroxylation is 1. The summed E-state index contributed by atoms with van der Waals surface area (Å²) in [6, 6.07) is 6.56. The molecule has 0 fully saturated rings. The first kappa shape index (κ1) is 12.3. The minimum Gasteiger partial charge on any atom is -0.478 e. The molecule has 2 rings (SSSR count). The van der Waals surface area contributed by atoms with Gasteiger partial charge >= 0.3 is 5.97 Å². The van der Waals surface area contributed by atoms with E-state index in [1.807, 2.05) is 0 Å². The molecule has 6 heteroatoms. The Hall–Kier alpha value is -2.21. The molecule has 0 aromatic carbocycles. The lowest BCUT2D eigenvalue weighted by Gasteiger charge is -2.02. The molecule has 0 unspecified atom stereocenters. The van der Waals surface area contributed by atoms with Gasteiger partial charge in [0.25, 0.3) is 5.91 Å². The van der Waals surface area contributed by atoms with Crippen molar-refractivity contribution in [2.24, 2.45) is 0 Å². The molecule has 0 aliphatic carbocycles. The SMILES string of the molecule is Cc1cccc(C(=O)Nc2cc(C(=O)O)cs2)n1. The molecule has 2 heterocycles. The number of nitrogens with zero attached hydrogens (tertiary/aromatic N) is 1. The summed E-state index contributed by atoms with van der Waals surface area (Å²) in [7, 11) is 0. The van der Waals surface area contributed by atoms with E-state index in [-0.39, 0.29) is 11.5 Å². The molecule has 2 N–H and O–H groups in total. The molecule has 1 amide bonds. The minimum absolute atomic E-state index is 0.160. The van der Waals surface area contributed by atoms with Gasteiger partial charge < -0.3 is 10.4 Å². The number of amides is 1. The number of aromatic nitrogens is 1. The zero-order valence-electron chi connectivity index (χ0n) is 9.51. The number of hydrogen-bond donors (Lipinski definition) is 2. The number of rotatable bonds is 3. The topological polar surface area (TPSA) is 79.3 Å². The van der Waals surface area contributed by atoms with Crippen LogP contribution in [-0.4, -0.2) is 22.0 Å². The highest BCUT2D eigenvalue weighted by Crippen LogP contribution is 2.20. The number of carboxylic acids is 1. The fraction of sp³-hybridized carbons (Fsp3) is 0.0833. The Morgan fingerprint density at radius 1 is 1.39 bits per heavy atom. The fourth-order valence-corrected chi connectivity index (χ4v) is 2.13. The number of nitrogens with one attached hydrogen (secondary N) is 1. The maximum absolute atomic E-state index is 11.8. The molecule has 0 atom stereocenters. The van der Waals surface area contributed by atoms with E-state index in [0.29, 0.717) is 10.7 Å². The van der Waals surface area contributed by atoms with Gasteiger partial charge in [-0.05, 0) is 25.1 Å². The van der Waals surface area contributed by atoms with Gasteiger partial charge in [-0.15, -0.1) is 11.3 Å². The summed E-state index contributed by atoms with van der Waals surface area (Å²) >= 11 is 1.16. The zero-order chi connectivity index (χ0) is 13.1. The number of anilines is 1. The van der Waals surface area contributed by atoms with Gasteiger partial charge in [-0.3, -0.25) is 4.79 Å². The third kappa shape index (κ3) is 2.72. The molecule has 2 aromatic heterocycles. The average Bonchev–Trinajstić information content (AvgIpc) is 2.77. The average molecular weight is 262 g/mol. The fourth-order valence-electron chi connectivity index (χ4n) is 1.36. The number of hydrogen-bond acceptors (Lipinski definition) is 4. The number of thiophene rings is 1. The number of carbonyl (C=O) groups excluding carboxylic acids is 1. The molecule has 0 aliphatic heterocycles. The van der Waals surface area contributed by atoms with Crippen LogP contribution in [0.5, 0.6) is 0 Å². The highest BCUT2D eigenvalue weighted by Gasteiger charge is 2.11. The maximum Gasteiger partial charge on any atom is 0.336 e. The Bertz CT molecular complexity index is 607. The van der Waals surface area contributed by atoms with Gasteiger partial charge in [0.15, 0.2) is 0 Å². The first-order valence-electron chi connectivity index (χ1n) is 5.13. The van der Waals surface area contributed by atoms with Crippen LogP contribution in [0.2, 0.25) is 0 Å². The van der Waals surface area contributed by atoms with Gasteiger partial charge in [-0.25, -0.2) is 9.78 Å². The molecule has 0 spiro atoms. The molecule has 2 aromatic rings. The van der Waals surface area contributed by atoms with E-state index in [1.54, 1.807) is 25.1 Å². The zero-order valence-corrected chi connectivity index (χ0v) is 10.3. The molecular weight excluding hydrogens is 252 g/mol. The largest absolute Gasteiger partial charge is 0.478 e. The Labute approximate surface area is 107 Å². The third-order valence-electron chi connectivity index (χ3n) is 2.20. The summed E-state index contributed by atoms with van der Waals surface area (Å²) in [6.07, 6.45) is 0. The number of carbonyl (C=O) groups is 2. The first-order chi connectivity index (χ1) is 8.56. The smallest absolute Gasteiger partial charge is 0.336 e. The van der Waals surface area contributed by atoms with E-state index < -0.39 is 5.97 Å². The lowest BCUT2D eigenvalue weighted by atomic mass is 10.3. The van der Waals surface area contributed by atoms with E-state index >= 15 is 0 Å². The summed E-state index contributed by atoms with van der Waals surface area (Å²) in [5, 5.41) is 13.3. The lowest BCUT2D eigenvalue weighted by molar-refractivity contribution is 0.0697. The monoisotopic (exact) mass is 262 g/mol. The summed E-state index contributed by atoms with van der Waals surface area (Å²) in [4.78, 5) is 26.6. The second kappa shape index (κ2) is 4.97. The van der Waals surface area contributed by atoms with E-state index in [2.05, 4.69) is 10.3 Å². The van der Waals surface area contributed by atoms with E-state index in [0.717, 1.165) is 17.0 Å². The summed E-state index contributed by atoms with van der Waals surface area (Å²) in [6.45, 7) is 1.80. The van der Waals surface area contributed by atoms with Crippen molar-refractivity contribution in [2.75, 3.05) is 5.32 Å². The van der Waals surface area contributed by atoms with Crippen LogP contribution in [0.25, 0.3) is 0 Å². The number of aromatic carboxylic acids is 1. The quantitative estimate of drug-likeness (QED) is 0.890. The van der Waals surface area contributed by atoms with Crippen LogP contribution in [0.1, 0.15) is 26.5 Å². The standard InChI is InChI=1S/C12H10N2O3S/c1-7-3-2-4-9(13-7)11(15)14-10-5-8(6-18-10)12(16)17/h2-6H,1H3,(H,14,15)(H,16,17). The van der Waals surface area contributed by atoms with E-state index in [4.69, 9.17) is 5.11 Å². The van der Waals surface area contributed by atoms with Crippen LogP contribution in [0.15, 0.2) is 29.6 Å². The second-order valence-corrected chi connectivity index (χ2v) is 4.53. The Morgan fingerprint density at radius 2 is 2.17 bits per heavy atom. The van der Waals surface area contributed by atoms with E-state index in [9.17, 15) is 9.59 Å². The van der Waals surface area contributed by atoms with Crippen molar-refractivity contribution in [1.82, 2.24) is 4.98 Å². The summed E-state index contributed by atoms with van der Waals surface area (Å²) in [5.41, 5.74) is 1.22. The van der Waals surface area contributed by atoms with Crippen molar-refractivity contribution in [3.05, 3.63) is 46.6 Å². The van der Waals surface area contributed by atoms with Crippen molar-refractivity contribution in [1.29, 1.82) is 0 Å². The Kier molecular flexibility index (Phi) is 3.38. The maximum atomic E-state index is 11.8. The van der Waals surface area contributed by atoms with Gasteiger partial charge in [0.1, 0.15) is 5.69 Å². The summed E-state index contributed by atoms with van der Waals surface area (Å²) < 4.78 is 0. The Balaban J connectivity index is 2.13. The highest BCUT2D eigenvalue weighted by atomic mass is 32.1. The molecule has 0 aliphatic rings. The van der Waals surface area contributed by atoms with Gasteiger partial charge in [0.2, 0.25) is 0 Å². The van der Waals surface area contributed by atoms with Crippen LogP contribution >= 0.6 is 11.3 Å². The first-order valence-corrected chi connectivity index (χ1v) is 6.01. The minimum atomic E-state index is -1.01. The number of pyridine rings is 1. The molecule has 18 heavy (non-hydrogen) atoms. The van der Waals surface area contributed by atoms with Gasteiger partial charge in [0.05, 0.1) is 10.6 Å². The van der Waals surface area contributed by atoms with Gasteiger partial charge in [-0.1, -0.05) is 6.07 Å². The summed E-state index contributed by atoms with van der Waals surface area (Å²) in [5.74, 6) is -1.36. The van der Waals surface area contributed by atoms with Crippen LogP contribution in [0, 0.1) is 6.92 Å². The molecule has 0 bridgehead atoms. The predicted molar refractivity (Wildman–Crippen MR) is 68.2 cm³/mol. The molecular formula is C12H10N2O3S. The molecule has 5 nitrogen and oxygen atoms in total. The molecule has 0 saturated heterocycles. The van der Waals surface area contributed by atoms with Crippen molar-refractivity contribution < 1.29 is 14.7 Å².